The summed E-state index contributed by atoms with van der Waals surface area (Å²) in [6.45, 7) is 6.27. The molecule has 0 bridgehead atoms. The minimum Gasteiger partial charge on any atom is -0.288 e. The first kappa shape index (κ1) is 13.0. The number of benzene rings is 1. The summed E-state index contributed by atoms with van der Waals surface area (Å²) in [6.07, 6.45) is 2.21. The molecule has 1 aromatic carbocycles. The fourth-order valence-electron chi connectivity index (χ4n) is 1.94. The molecule has 0 aliphatic carbocycles. The quantitative estimate of drug-likeness (QED) is 0.735. The van der Waals surface area contributed by atoms with Crippen LogP contribution < -0.4 is 0 Å². The first-order valence-electron chi connectivity index (χ1n) is 6.32. The van der Waals surface area contributed by atoms with E-state index >= 15 is 0 Å². The minimum atomic E-state index is 0.138. The molecule has 1 heterocycles. The van der Waals surface area contributed by atoms with E-state index in [1.165, 1.54) is 16.0 Å². The van der Waals surface area contributed by atoms with Crippen LogP contribution in [0.15, 0.2) is 30.3 Å². The van der Waals surface area contributed by atoms with Crippen LogP contribution in [0.5, 0.6) is 0 Å². The van der Waals surface area contributed by atoms with Gasteiger partial charge in [-0.2, -0.15) is 0 Å². The van der Waals surface area contributed by atoms with Gasteiger partial charge in [0.25, 0.3) is 0 Å². The van der Waals surface area contributed by atoms with Crippen molar-refractivity contribution >= 4 is 17.1 Å². The summed E-state index contributed by atoms with van der Waals surface area (Å²) in [5.74, 6) is 0.138. The molecule has 2 rings (SSSR count). The second-order valence-corrected chi connectivity index (χ2v) is 5.88. The van der Waals surface area contributed by atoms with Gasteiger partial charge in [-0.05, 0) is 37.5 Å². The molecule has 18 heavy (non-hydrogen) atoms. The fraction of sp³-hybridized carbons (Fsp3) is 0.312. The molecule has 0 amide bonds. The Balaban J connectivity index is 2.23. The van der Waals surface area contributed by atoms with Crippen molar-refractivity contribution in [2.24, 2.45) is 0 Å². The number of carbonyl (C=O) groups is 1. The maximum absolute atomic E-state index is 12.3. The van der Waals surface area contributed by atoms with Crippen molar-refractivity contribution in [3.8, 4) is 0 Å². The molecule has 0 fully saturated rings. The highest BCUT2D eigenvalue weighted by atomic mass is 32.1. The number of ketones is 1. The Kier molecular flexibility index (Phi) is 3.97. The third-order valence-corrected chi connectivity index (χ3v) is 4.30. The molecule has 0 aliphatic rings. The molecule has 0 N–H and O–H groups in total. The first-order valence-corrected chi connectivity index (χ1v) is 7.14. The van der Waals surface area contributed by atoms with Gasteiger partial charge in [0.2, 0.25) is 5.78 Å². The summed E-state index contributed by atoms with van der Waals surface area (Å²) < 4.78 is 0. The second-order valence-electron chi connectivity index (χ2n) is 4.63. The highest BCUT2D eigenvalue weighted by molar-refractivity contribution is 7.14. The molecule has 2 heteroatoms. The first-order chi connectivity index (χ1) is 8.61. The van der Waals surface area contributed by atoms with Gasteiger partial charge in [-0.1, -0.05) is 37.6 Å². The number of aryl methyl sites for hydroxylation is 3. The van der Waals surface area contributed by atoms with Crippen molar-refractivity contribution in [3.63, 3.8) is 0 Å². The summed E-state index contributed by atoms with van der Waals surface area (Å²) in [4.78, 5) is 14.4. The fourth-order valence-corrected chi connectivity index (χ4v) is 2.93. The Hall–Kier alpha value is -1.41. The number of thiophene rings is 1. The third kappa shape index (κ3) is 2.70. The highest BCUT2D eigenvalue weighted by Gasteiger charge is 2.12. The van der Waals surface area contributed by atoms with Crippen LogP contribution in [0.1, 0.15) is 44.6 Å². The van der Waals surface area contributed by atoms with E-state index < -0.39 is 0 Å². The molecule has 0 spiro atoms. The molecule has 1 aromatic heterocycles. The summed E-state index contributed by atoms with van der Waals surface area (Å²) in [7, 11) is 0. The summed E-state index contributed by atoms with van der Waals surface area (Å²) in [6, 6.07) is 9.99. The molecule has 0 atom stereocenters. The maximum Gasteiger partial charge on any atom is 0.202 e. The van der Waals surface area contributed by atoms with Crippen LogP contribution in [-0.4, -0.2) is 5.78 Å². The molecular formula is C16H18OS. The Labute approximate surface area is 112 Å². The zero-order valence-corrected chi connectivity index (χ0v) is 11.9. The van der Waals surface area contributed by atoms with E-state index in [0.717, 1.165) is 23.3 Å². The van der Waals surface area contributed by atoms with Gasteiger partial charge >= 0.3 is 0 Å². The lowest BCUT2D eigenvalue weighted by atomic mass is 10.0. The van der Waals surface area contributed by atoms with Gasteiger partial charge in [-0.25, -0.2) is 0 Å². The van der Waals surface area contributed by atoms with Crippen LogP contribution in [0.2, 0.25) is 0 Å². The number of rotatable bonds is 4. The van der Waals surface area contributed by atoms with Crippen molar-refractivity contribution < 1.29 is 4.79 Å². The van der Waals surface area contributed by atoms with Crippen molar-refractivity contribution in [1.82, 2.24) is 0 Å². The van der Waals surface area contributed by atoms with Gasteiger partial charge in [0.05, 0.1) is 4.88 Å². The molecule has 0 unspecified atom stereocenters. The average molecular weight is 258 g/mol. The van der Waals surface area contributed by atoms with Crippen molar-refractivity contribution in [2.75, 3.05) is 0 Å². The molecule has 94 valence electrons. The Morgan fingerprint density at radius 1 is 1.17 bits per heavy atom. The molecule has 0 radical (unpaired) electrons. The average Bonchev–Trinajstić information content (AvgIpc) is 2.70. The van der Waals surface area contributed by atoms with E-state index in [2.05, 4.69) is 26.0 Å². The number of hydrogen-bond acceptors (Lipinski definition) is 2. The second kappa shape index (κ2) is 5.49. The Morgan fingerprint density at radius 3 is 2.33 bits per heavy atom. The molecule has 0 saturated heterocycles. The summed E-state index contributed by atoms with van der Waals surface area (Å²) in [5.41, 5.74) is 3.29. The molecule has 1 nitrogen and oxygen atoms in total. The monoisotopic (exact) mass is 258 g/mol. The number of hydrogen-bond donors (Lipinski definition) is 0. The van der Waals surface area contributed by atoms with Gasteiger partial charge in [0, 0.05) is 10.4 Å². The topological polar surface area (TPSA) is 17.1 Å². The predicted octanol–water partition coefficient (Wildman–Crippen LogP) is 4.55. The van der Waals surface area contributed by atoms with Crippen LogP contribution in [0.4, 0.5) is 0 Å². The van der Waals surface area contributed by atoms with Crippen molar-refractivity contribution in [2.45, 2.75) is 33.6 Å². The van der Waals surface area contributed by atoms with Crippen molar-refractivity contribution in [3.05, 3.63) is 56.8 Å². The molecule has 2 aromatic rings. The zero-order chi connectivity index (χ0) is 13.1. The SMILES string of the molecule is CCCc1ccc(C(=O)c2cc(C)c(C)s2)cc1. The third-order valence-electron chi connectivity index (χ3n) is 3.14. The minimum absolute atomic E-state index is 0.138. The zero-order valence-electron chi connectivity index (χ0n) is 11.1. The largest absolute Gasteiger partial charge is 0.288 e. The van der Waals surface area contributed by atoms with Gasteiger partial charge < -0.3 is 0 Å². The summed E-state index contributed by atoms with van der Waals surface area (Å²) >= 11 is 1.58. The lowest BCUT2D eigenvalue weighted by Crippen LogP contribution is -1.98. The van der Waals surface area contributed by atoms with Crippen LogP contribution >= 0.6 is 11.3 Å². The van der Waals surface area contributed by atoms with Gasteiger partial charge in [0.1, 0.15) is 0 Å². The molecule has 0 saturated carbocycles. The Morgan fingerprint density at radius 2 is 1.83 bits per heavy atom. The van der Waals surface area contributed by atoms with Crippen molar-refractivity contribution in [1.29, 1.82) is 0 Å². The van der Waals surface area contributed by atoms with E-state index in [-0.39, 0.29) is 5.78 Å². The number of carbonyl (C=O) groups excluding carboxylic acids is 1. The van der Waals surface area contributed by atoms with Crippen LogP contribution in [-0.2, 0) is 6.42 Å². The predicted molar refractivity (Wildman–Crippen MR) is 77.7 cm³/mol. The van der Waals surface area contributed by atoms with Gasteiger partial charge in [-0.3, -0.25) is 4.79 Å². The van der Waals surface area contributed by atoms with E-state index in [0.29, 0.717) is 0 Å². The van der Waals surface area contributed by atoms with E-state index in [1.54, 1.807) is 11.3 Å². The smallest absolute Gasteiger partial charge is 0.202 e. The van der Waals surface area contributed by atoms with Crippen LogP contribution in [0.3, 0.4) is 0 Å². The molecule has 0 aliphatic heterocycles. The maximum atomic E-state index is 12.3. The van der Waals surface area contributed by atoms with Gasteiger partial charge in [-0.15, -0.1) is 11.3 Å². The highest BCUT2D eigenvalue weighted by Crippen LogP contribution is 2.23. The summed E-state index contributed by atoms with van der Waals surface area (Å²) in [5, 5.41) is 0. The molecular weight excluding hydrogens is 240 g/mol. The Bertz CT molecular complexity index is 529. The lowest BCUT2D eigenvalue weighted by molar-refractivity contribution is 0.104. The lowest BCUT2D eigenvalue weighted by Gasteiger charge is -2.01. The normalized spacial score (nSPS) is 10.6. The van der Waals surface area contributed by atoms with E-state index in [9.17, 15) is 4.79 Å². The van der Waals surface area contributed by atoms with Gasteiger partial charge in [0.15, 0.2) is 0 Å². The van der Waals surface area contributed by atoms with Crippen LogP contribution in [0, 0.1) is 13.8 Å². The standard InChI is InChI=1S/C16H18OS/c1-4-5-13-6-8-14(9-7-13)16(17)15-10-11(2)12(3)18-15/h6-10H,4-5H2,1-3H3. The van der Waals surface area contributed by atoms with E-state index in [4.69, 9.17) is 0 Å². The van der Waals surface area contributed by atoms with Crippen LogP contribution in [0.25, 0.3) is 0 Å². The van der Waals surface area contributed by atoms with E-state index in [1.807, 2.05) is 25.1 Å².